The van der Waals surface area contributed by atoms with Crippen LogP contribution in [0.4, 0.5) is 10.1 Å². The fourth-order valence-corrected chi connectivity index (χ4v) is 3.07. The molecule has 172 valence electrons. The van der Waals surface area contributed by atoms with Gasteiger partial charge in [0.1, 0.15) is 11.6 Å². The third-order valence-electron chi connectivity index (χ3n) is 5.12. The molecule has 0 saturated carbocycles. The van der Waals surface area contributed by atoms with Crippen molar-refractivity contribution in [2.45, 2.75) is 26.4 Å². The Morgan fingerprint density at radius 3 is 2.47 bits per heavy atom. The second-order valence-corrected chi connectivity index (χ2v) is 7.37. The van der Waals surface area contributed by atoms with Crippen molar-refractivity contribution in [2.75, 3.05) is 25.0 Å². The van der Waals surface area contributed by atoms with E-state index in [1.54, 1.807) is 12.1 Å². The van der Waals surface area contributed by atoms with Crippen LogP contribution in [0.5, 0.6) is 0 Å². The molecule has 0 aliphatic rings. The lowest BCUT2D eigenvalue weighted by Crippen LogP contribution is -2.39. The van der Waals surface area contributed by atoms with Gasteiger partial charge >= 0.3 is 0 Å². The van der Waals surface area contributed by atoms with Crippen molar-refractivity contribution in [2.24, 2.45) is 12.0 Å². The molecule has 2 N–H and O–H groups in total. The van der Waals surface area contributed by atoms with Crippen LogP contribution in [0.25, 0.3) is 0 Å². The fraction of sp³-hybridized carbons (Fsp3) is 0.348. The number of guanidine groups is 1. The Morgan fingerprint density at radius 1 is 1.06 bits per heavy atom. The van der Waals surface area contributed by atoms with Crippen molar-refractivity contribution in [1.82, 2.24) is 25.4 Å². The van der Waals surface area contributed by atoms with E-state index in [0.29, 0.717) is 18.1 Å². The number of aliphatic imine (C=N–C) groups is 1. The van der Waals surface area contributed by atoms with Gasteiger partial charge in [-0.2, -0.15) is 0 Å². The van der Waals surface area contributed by atoms with E-state index in [-0.39, 0.29) is 36.3 Å². The van der Waals surface area contributed by atoms with Gasteiger partial charge in [0.05, 0.1) is 13.1 Å². The van der Waals surface area contributed by atoms with Crippen molar-refractivity contribution in [1.29, 1.82) is 0 Å². The lowest BCUT2D eigenvalue weighted by Gasteiger charge is -2.19. The lowest BCUT2D eigenvalue weighted by molar-refractivity contribution is 0.610. The number of para-hydroxylation sites is 1. The number of benzene rings is 2. The summed E-state index contributed by atoms with van der Waals surface area (Å²) >= 11 is 0. The first-order valence-corrected chi connectivity index (χ1v) is 10.4. The largest absolute Gasteiger partial charge is 0.375 e. The third kappa shape index (κ3) is 7.47. The normalized spacial score (nSPS) is 11.1. The van der Waals surface area contributed by atoms with Crippen LogP contribution < -0.4 is 15.5 Å². The van der Waals surface area contributed by atoms with Crippen LogP contribution in [0, 0.1) is 12.7 Å². The summed E-state index contributed by atoms with van der Waals surface area (Å²) in [4.78, 5) is 6.78. The summed E-state index contributed by atoms with van der Waals surface area (Å²) in [5.74, 6) is 2.02. The molecular formula is C23H31FIN7. The van der Waals surface area contributed by atoms with Crippen LogP contribution >= 0.6 is 24.0 Å². The fourth-order valence-electron chi connectivity index (χ4n) is 3.07. The molecule has 0 radical (unpaired) electrons. The van der Waals surface area contributed by atoms with Crippen LogP contribution in [0.1, 0.15) is 23.6 Å². The molecule has 32 heavy (non-hydrogen) atoms. The van der Waals surface area contributed by atoms with Gasteiger partial charge in [-0.15, -0.1) is 34.2 Å². The van der Waals surface area contributed by atoms with E-state index in [1.807, 2.05) is 42.8 Å². The number of rotatable bonds is 9. The Balaban J connectivity index is 0.00000363. The number of hydrogen-bond donors (Lipinski definition) is 2. The maximum atomic E-state index is 14.0. The monoisotopic (exact) mass is 551 g/mol. The first-order chi connectivity index (χ1) is 15.0. The third-order valence-corrected chi connectivity index (χ3v) is 5.12. The number of nitrogens with one attached hydrogen (secondary N) is 2. The van der Waals surface area contributed by atoms with Crippen LogP contribution in [-0.2, 0) is 20.1 Å². The Labute approximate surface area is 206 Å². The summed E-state index contributed by atoms with van der Waals surface area (Å²) in [6.07, 6.45) is 0.925. The number of halogens is 2. The molecule has 0 aliphatic heterocycles. The predicted octanol–water partition coefficient (Wildman–Crippen LogP) is 3.64. The molecule has 2 aromatic carbocycles. The van der Waals surface area contributed by atoms with E-state index >= 15 is 0 Å². The average molecular weight is 551 g/mol. The standard InChI is InChI=1S/C23H30FN7.HI/c1-18-28-29-22(31(18)3)17-27-23(26-16-19-10-7-8-13-21(19)24)25-14-9-15-30(2)20-11-5-4-6-12-20;/h4-8,10-13H,9,14-17H2,1-3H3,(H2,25,26,27);1H. The second-order valence-electron chi connectivity index (χ2n) is 7.37. The number of hydrogen-bond acceptors (Lipinski definition) is 4. The van der Waals surface area contributed by atoms with E-state index in [0.717, 1.165) is 31.2 Å². The number of aromatic nitrogens is 3. The zero-order valence-corrected chi connectivity index (χ0v) is 21.1. The highest BCUT2D eigenvalue weighted by Gasteiger charge is 2.07. The molecule has 1 aromatic heterocycles. The second kappa shape index (κ2) is 13.0. The van der Waals surface area contributed by atoms with Crippen LogP contribution in [0.15, 0.2) is 59.6 Å². The zero-order valence-electron chi connectivity index (χ0n) is 18.8. The van der Waals surface area contributed by atoms with Crippen LogP contribution in [0.3, 0.4) is 0 Å². The zero-order chi connectivity index (χ0) is 22.1. The summed E-state index contributed by atoms with van der Waals surface area (Å²) < 4.78 is 15.9. The van der Waals surface area contributed by atoms with Gasteiger partial charge in [0, 0.05) is 38.4 Å². The highest BCUT2D eigenvalue weighted by Crippen LogP contribution is 2.11. The smallest absolute Gasteiger partial charge is 0.191 e. The van der Waals surface area contributed by atoms with Crippen LogP contribution in [-0.4, -0.2) is 40.9 Å². The average Bonchev–Trinajstić information content (AvgIpc) is 3.11. The first kappa shape index (κ1) is 25.6. The molecule has 0 atom stereocenters. The van der Waals surface area contributed by atoms with Crippen molar-refractivity contribution in [3.8, 4) is 0 Å². The van der Waals surface area contributed by atoms with Crippen molar-refractivity contribution < 1.29 is 4.39 Å². The molecule has 0 aliphatic carbocycles. The first-order valence-electron chi connectivity index (χ1n) is 10.4. The van der Waals surface area contributed by atoms with E-state index in [1.165, 1.54) is 11.8 Å². The van der Waals surface area contributed by atoms with E-state index in [9.17, 15) is 4.39 Å². The molecule has 0 unspecified atom stereocenters. The summed E-state index contributed by atoms with van der Waals surface area (Å²) in [6, 6.07) is 17.0. The summed E-state index contributed by atoms with van der Waals surface area (Å²) in [5.41, 5.74) is 1.74. The Morgan fingerprint density at radius 2 is 1.78 bits per heavy atom. The maximum Gasteiger partial charge on any atom is 0.191 e. The van der Waals surface area contributed by atoms with Gasteiger partial charge in [0.25, 0.3) is 0 Å². The maximum absolute atomic E-state index is 14.0. The van der Waals surface area contributed by atoms with E-state index in [4.69, 9.17) is 0 Å². The van der Waals surface area contributed by atoms with Crippen molar-refractivity contribution in [3.63, 3.8) is 0 Å². The van der Waals surface area contributed by atoms with Gasteiger partial charge < -0.3 is 20.1 Å². The van der Waals surface area contributed by atoms with E-state index in [2.05, 4.69) is 49.9 Å². The Hall–Kier alpha value is -2.69. The highest BCUT2D eigenvalue weighted by atomic mass is 127. The molecule has 0 saturated heterocycles. The minimum Gasteiger partial charge on any atom is -0.375 e. The molecular weight excluding hydrogens is 520 g/mol. The minimum atomic E-state index is -0.251. The predicted molar refractivity (Wildman–Crippen MR) is 138 cm³/mol. The quantitative estimate of drug-likeness (QED) is 0.184. The summed E-state index contributed by atoms with van der Waals surface area (Å²) in [7, 11) is 4.01. The van der Waals surface area contributed by atoms with Crippen LogP contribution in [0.2, 0.25) is 0 Å². The van der Waals surface area contributed by atoms with Gasteiger partial charge in [-0.3, -0.25) is 0 Å². The molecule has 0 amide bonds. The van der Waals surface area contributed by atoms with E-state index < -0.39 is 0 Å². The minimum absolute atomic E-state index is 0. The molecule has 7 nitrogen and oxygen atoms in total. The molecule has 3 rings (SSSR count). The Kier molecular flexibility index (Phi) is 10.4. The highest BCUT2D eigenvalue weighted by molar-refractivity contribution is 14.0. The summed E-state index contributed by atoms with van der Waals surface area (Å²) in [6.45, 7) is 4.28. The number of nitrogens with zero attached hydrogens (tertiary/aromatic N) is 5. The van der Waals surface area contributed by atoms with Gasteiger partial charge in [-0.1, -0.05) is 36.4 Å². The summed E-state index contributed by atoms with van der Waals surface area (Å²) in [5, 5.41) is 14.9. The van der Waals surface area contributed by atoms with Gasteiger partial charge in [0.15, 0.2) is 11.8 Å². The number of aryl methyl sites for hydroxylation is 1. The topological polar surface area (TPSA) is 70.4 Å². The van der Waals surface area contributed by atoms with Gasteiger partial charge in [-0.05, 0) is 31.5 Å². The lowest BCUT2D eigenvalue weighted by atomic mass is 10.2. The molecule has 3 aromatic rings. The molecule has 1 heterocycles. The number of anilines is 1. The van der Waals surface area contributed by atoms with Gasteiger partial charge in [0.2, 0.25) is 0 Å². The van der Waals surface area contributed by atoms with Crippen molar-refractivity contribution >= 4 is 35.6 Å². The van der Waals surface area contributed by atoms with Gasteiger partial charge in [-0.25, -0.2) is 9.38 Å². The van der Waals surface area contributed by atoms with Crippen molar-refractivity contribution in [3.05, 3.63) is 77.6 Å². The Bertz CT molecular complexity index is 991. The molecule has 0 spiro atoms. The molecule has 9 heteroatoms. The molecule has 0 fully saturated rings. The molecule has 0 bridgehead atoms. The SMILES string of the molecule is Cc1nnc(CNC(=NCc2ccccc2F)NCCCN(C)c2ccccc2)n1C.I.